The molecule has 1 aliphatic heterocycles. The Labute approximate surface area is 188 Å². The van der Waals surface area contributed by atoms with Crippen LogP contribution in [0, 0.1) is 6.92 Å². The lowest BCUT2D eigenvalue weighted by atomic mass is 10.2. The second-order valence-electron chi connectivity index (χ2n) is 7.44. The van der Waals surface area contributed by atoms with Gasteiger partial charge < -0.3 is 14.3 Å². The fourth-order valence-electron chi connectivity index (χ4n) is 3.49. The van der Waals surface area contributed by atoms with Crippen LogP contribution < -0.4 is 0 Å². The molecule has 1 aliphatic rings. The highest BCUT2D eigenvalue weighted by molar-refractivity contribution is 7.89. The van der Waals surface area contributed by atoms with Crippen LogP contribution in [0.5, 0.6) is 0 Å². The van der Waals surface area contributed by atoms with E-state index in [1.807, 2.05) is 0 Å². The van der Waals surface area contributed by atoms with Crippen LogP contribution in [0.2, 0.25) is 0 Å². The minimum absolute atomic E-state index is 0.160. The van der Waals surface area contributed by atoms with Gasteiger partial charge in [-0.3, -0.25) is 9.59 Å². The molecule has 0 aliphatic carbocycles. The summed E-state index contributed by atoms with van der Waals surface area (Å²) in [5.41, 5.74) is 1.37. The summed E-state index contributed by atoms with van der Waals surface area (Å²) in [7, 11) is -3.51. The molecule has 1 saturated heterocycles. The summed E-state index contributed by atoms with van der Waals surface area (Å²) in [5, 5.41) is 3.73. The van der Waals surface area contributed by atoms with Gasteiger partial charge in [0.15, 0.2) is 0 Å². The molecule has 0 N–H and O–H groups in total. The van der Waals surface area contributed by atoms with Crippen LogP contribution in [0.1, 0.15) is 35.7 Å². The van der Waals surface area contributed by atoms with Crippen LogP contribution in [0.3, 0.4) is 0 Å². The summed E-state index contributed by atoms with van der Waals surface area (Å²) in [5.74, 6) is -0.186. The third-order valence-electron chi connectivity index (χ3n) is 5.36. The standard InChI is InChI=1S/C22H28N4O5S/c1-4-26(5-2)32(29,30)19-9-6-18(7-10-19)8-11-21(27)24-12-14-25(15-13-24)22(28)20-16-17(3)23-31-20/h6-11,16H,4-5,12-15H2,1-3H3/b11-8+. The first-order chi connectivity index (χ1) is 15.3. The van der Waals surface area contributed by atoms with E-state index in [0.29, 0.717) is 45.0 Å². The molecule has 0 atom stereocenters. The van der Waals surface area contributed by atoms with Crippen LogP contribution in [0.4, 0.5) is 0 Å². The molecular weight excluding hydrogens is 432 g/mol. The topological polar surface area (TPSA) is 104 Å². The van der Waals surface area contributed by atoms with E-state index < -0.39 is 10.0 Å². The third-order valence-corrected chi connectivity index (χ3v) is 7.42. The van der Waals surface area contributed by atoms with E-state index in [0.717, 1.165) is 5.56 Å². The first-order valence-electron chi connectivity index (χ1n) is 10.6. The van der Waals surface area contributed by atoms with E-state index >= 15 is 0 Å². The minimum Gasteiger partial charge on any atom is -0.351 e. The SMILES string of the molecule is CCN(CC)S(=O)(=O)c1ccc(/C=C/C(=O)N2CCN(C(=O)c3cc(C)no3)CC2)cc1. The molecule has 0 unspecified atom stereocenters. The summed E-state index contributed by atoms with van der Waals surface area (Å²) in [4.78, 5) is 28.5. The quantitative estimate of drug-likeness (QED) is 0.586. The van der Waals surface area contributed by atoms with Crippen LogP contribution >= 0.6 is 0 Å². The monoisotopic (exact) mass is 460 g/mol. The Morgan fingerprint density at radius 1 is 1.06 bits per heavy atom. The molecular formula is C22H28N4O5S. The molecule has 3 rings (SSSR count). The van der Waals surface area contributed by atoms with E-state index in [9.17, 15) is 18.0 Å². The predicted molar refractivity (Wildman–Crippen MR) is 119 cm³/mol. The predicted octanol–water partition coefficient (Wildman–Crippen LogP) is 2.01. The zero-order valence-electron chi connectivity index (χ0n) is 18.5. The maximum absolute atomic E-state index is 12.6. The number of carbonyl (C=O) groups is 2. The third kappa shape index (κ3) is 5.25. The number of hydrogen-bond acceptors (Lipinski definition) is 6. The van der Waals surface area contributed by atoms with Crippen LogP contribution in [0.15, 0.2) is 45.8 Å². The molecule has 172 valence electrons. The Morgan fingerprint density at radius 3 is 2.19 bits per heavy atom. The first kappa shape index (κ1) is 23.7. The number of aromatic nitrogens is 1. The highest BCUT2D eigenvalue weighted by atomic mass is 32.2. The summed E-state index contributed by atoms with van der Waals surface area (Å²) < 4.78 is 31.5. The molecule has 2 aromatic rings. The Hall–Kier alpha value is -2.98. The number of nitrogens with zero attached hydrogens (tertiary/aromatic N) is 4. The Kier molecular flexibility index (Phi) is 7.47. The molecule has 0 bridgehead atoms. The molecule has 1 aromatic carbocycles. The number of aryl methyl sites for hydroxylation is 1. The fourth-order valence-corrected chi connectivity index (χ4v) is 4.94. The molecule has 32 heavy (non-hydrogen) atoms. The zero-order chi connectivity index (χ0) is 23.3. The number of benzene rings is 1. The van der Waals surface area contributed by atoms with Gasteiger partial charge in [0.25, 0.3) is 5.91 Å². The van der Waals surface area contributed by atoms with Crippen molar-refractivity contribution in [2.75, 3.05) is 39.3 Å². The summed E-state index contributed by atoms with van der Waals surface area (Å²) in [6.45, 7) is 7.83. The maximum Gasteiger partial charge on any atom is 0.292 e. The first-order valence-corrected chi connectivity index (χ1v) is 12.0. The summed E-state index contributed by atoms with van der Waals surface area (Å²) >= 11 is 0. The van der Waals surface area contributed by atoms with Crippen molar-refractivity contribution in [2.45, 2.75) is 25.7 Å². The van der Waals surface area contributed by atoms with E-state index in [1.54, 1.807) is 67.0 Å². The van der Waals surface area contributed by atoms with Crippen molar-refractivity contribution in [3.05, 3.63) is 53.4 Å². The van der Waals surface area contributed by atoms with Crippen molar-refractivity contribution in [1.82, 2.24) is 19.3 Å². The van der Waals surface area contributed by atoms with Crippen molar-refractivity contribution >= 4 is 27.9 Å². The summed E-state index contributed by atoms with van der Waals surface area (Å²) in [6, 6.07) is 8.05. The van der Waals surface area contributed by atoms with E-state index in [-0.39, 0.29) is 22.5 Å². The normalized spacial score (nSPS) is 15.0. The average Bonchev–Trinajstić information content (AvgIpc) is 3.24. The van der Waals surface area contributed by atoms with E-state index in [4.69, 9.17) is 4.52 Å². The van der Waals surface area contributed by atoms with Crippen molar-refractivity contribution in [2.24, 2.45) is 0 Å². The smallest absolute Gasteiger partial charge is 0.292 e. The molecule has 0 spiro atoms. The van der Waals surface area contributed by atoms with E-state index in [1.165, 1.54) is 10.4 Å². The minimum atomic E-state index is -3.51. The van der Waals surface area contributed by atoms with Crippen molar-refractivity contribution in [3.63, 3.8) is 0 Å². The number of rotatable bonds is 7. The van der Waals surface area contributed by atoms with Crippen LogP contribution in [-0.2, 0) is 14.8 Å². The molecule has 0 radical (unpaired) electrons. The van der Waals surface area contributed by atoms with Crippen molar-refractivity contribution in [3.8, 4) is 0 Å². The lowest BCUT2D eigenvalue weighted by molar-refractivity contribution is -0.127. The van der Waals surface area contributed by atoms with Gasteiger partial charge in [-0.25, -0.2) is 8.42 Å². The Bertz CT molecular complexity index is 1080. The van der Waals surface area contributed by atoms with Gasteiger partial charge in [-0.15, -0.1) is 0 Å². The van der Waals surface area contributed by atoms with E-state index in [2.05, 4.69) is 5.16 Å². The van der Waals surface area contributed by atoms with Crippen molar-refractivity contribution < 1.29 is 22.5 Å². The number of amides is 2. The van der Waals surface area contributed by atoms with Gasteiger partial charge in [0.1, 0.15) is 0 Å². The lowest BCUT2D eigenvalue weighted by Gasteiger charge is -2.33. The number of carbonyl (C=O) groups excluding carboxylic acids is 2. The molecule has 9 nitrogen and oxygen atoms in total. The van der Waals surface area contributed by atoms with Gasteiger partial charge in [0, 0.05) is 51.4 Å². The van der Waals surface area contributed by atoms with Gasteiger partial charge in [0.05, 0.1) is 10.6 Å². The van der Waals surface area contributed by atoms with Gasteiger partial charge >= 0.3 is 0 Å². The fraction of sp³-hybridized carbons (Fsp3) is 0.409. The highest BCUT2D eigenvalue weighted by Gasteiger charge is 2.26. The van der Waals surface area contributed by atoms with Crippen LogP contribution in [0.25, 0.3) is 6.08 Å². The molecule has 1 fully saturated rings. The van der Waals surface area contributed by atoms with Gasteiger partial charge in [-0.2, -0.15) is 4.31 Å². The number of piperazine rings is 1. The lowest BCUT2D eigenvalue weighted by Crippen LogP contribution is -2.50. The van der Waals surface area contributed by atoms with Crippen molar-refractivity contribution in [1.29, 1.82) is 0 Å². The second kappa shape index (κ2) is 10.1. The number of hydrogen-bond donors (Lipinski definition) is 0. The second-order valence-corrected chi connectivity index (χ2v) is 9.38. The molecule has 1 aromatic heterocycles. The number of sulfonamides is 1. The average molecular weight is 461 g/mol. The van der Waals surface area contributed by atoms with Gasteiger partial charge in [0.2, 0.25) is 21.7 Å². The Morgan fingerprint density at radius 2 is 1.66 bits per heavy atom. The van der Waals surface area contributed by atoms with Crippen LogP contribution in [-0.4, -0.2) is 78.8 Å². The molecule has 2 amide bonds. The van der Waals surface area contributed by atoms with Gasteiger partial charge in [-0.05, 0) is 30.7 Å². The van der Waals surface area contributed by atoms with Gasteiger partial charge in [-0.1, -0.05) is 31.1 Å². The zero-order valence-corrected chi connectivity index (χ0v) is 19.3. The Balaban J connectivity index is 1.56. The highest BCUT2D eigenvalue weighted by Crippen LogP contribution is 2.17. The molecule has 10 heteroatoms. The molecule has 2 heterocycles. The summed E-state index contributed by atoms with van der Waals surface area (Å²) in [6.07, 6.45) is 3.12. The largest absolute Gasteiger partial charge is 0.351 e. The molecule has 0 saturated carbocycles. The maximum atomic E-state index is 12.6.